The Hall–Kier alpha value is -1.94. The van der Waals surface area contributed by atoms with Crippen LogP contribution in [-0.2, 0) is 0 Å². The molecule has 0 N–H and O–H groups in total. The molecule has 2 nitrogen and oxygen atoms in total. The van der Waals surface area contributed by atoms with Crippen molar-refractivity contribution in [3.63, 3.8) is 0 Å². The SMILES string of the molecule is CC(=O)c1cc(F)c(C)cc1Oc1ccc(F)cc1Cl. The zero-order valence-corrected chi connectivity index (χ0v) is 11.6. The van der Waals surface area contributed by atoms with Crippen LogP contribution in [0.5, 0.6) is 11.5 Å². The van der Waals surface area contributed by atoms with Gasteiger partial charge in [-0.3, -0.25) is 4.79 Å². The summed E-state index contributed by atoms with van der Waals surface area (Å²) >= 11 is 5.86. The predicted octanol–water partition coefficient (Wildman–Crippen LogP) is 4.92. The van der Waals surface area contributed by atoms with E-state index in [0.29, 0.717) is 5.56 Å². The van der Waals surface area contributed by atoms with Gasteiger partial charge in [0.2, 0.25) is 0 Å². The van der Waals surface area contributed by atoms with Gasteiger partial charge < -0.3 is 4.74 Å². The van der Waals surface area contributed by atoms with Crippen LogP contribution >= 0.6 is 11.6 Å². The van der Waals surface area contributed by atoms with E-state index in [-0.39, 0.29) is 27.9 Å². The van der Waals surface area contributed by atoms with Gasteiger partial charge in [0.1, 0.15) is 23.1 Å². The van der Waals surface area contributed by atoms with E-state index in [4.69, 9.17) is 16.3 Å². The molecule has 0 saturated heterocycles. The summed E-state index contributed by atoms with van der Waals surface area (Å²) in [5.41, 5.74) is 0.441. The Kier molecular flexibility index (Phi) is 4.04. The quantitative estimate of drug-likeness (QED) is 0.751. The van der Waals surface area contributed by atoms with Gasteiger partial charge in [0.15, 0.2) is 5.78 Å². The maximum atomic E-state index is 13.5. The van der Waals surface area contributed by atoms with E-state index in [9.17, 15) is 13.6 Å². The summed E-state index contributed by atoms with van der Waals surface area (Å²) in [6, 6.07) is 6.15. The lowest BCUT2D eigenvalue weighted by atomic mass is 10.1. The number of hydrogen-bond donors (Lipinski definition) is 0. The minimum absolute atomic E-state index is 0.0708. The van der Waals surface area contributed by atoms with E-state index in [1.54, 1.807) is 6.92 Å². The standard InChI is InChI=1S/C15H11ClF2O2/c1-8-5-15(11(9(2)19)7-13(8)18)20-14-4-3-10(17)6-12(14)16/h3-7H,1-2H3. The number of benzene rings is 2. The minimum atomic E-state index is -0.496. The Morgan fingerprint density at radius 2 is 1.85 bits per heavy atom. The third-order valence-corrected chi connectivity index (χ3v) is 3.05. The van der Waals surface area contributed by atoms with Gasteiger partial charge in [-0.25, -0.2) is 8.78 Å². The van der Waals surface area contributed by atoms with Crippen molar-refractivity contribution in [3.8, 4) is 11.5 Å². The lowest BCUT2D eigenvalue weighted by Crippen LogP contribution is -2.00. The molecule has 0 radical (unpaired) electrons. The first-order valence-corrected chi connectivity index (χ1v) is 6.20. The molecule has 0 unspecified atom stereocenters. The maximum Gasteiger partial charge on any atom is 0.163 e. The van der Waals surface area contributed by atoms with Crippen LogP contribution in [0.4, 0.5) is 8.78 Å². The predicted molar refractivity (Wildman–Crippen MR) is 72.6 cm³/mol. The van der Waals surface area contributed by atoms with E-state index >= 15 is 0 Å². The van der Waals surface area contributed by atoms with Crippen LogP contribution in [0.25, 0.3) is 0 Å². The molecule has 5 heteroatoms. The molecular formula is C15H11ClF2O2. The van der Waals surface area contributed by atoms with Crippen molar-refractivity contribution in [2.45, 2.75) is 13.8 Å². The molecule has 0 fully saturated rings. The van der Waals surface area contributed by atoms with Crippen LogP contribution in [0, 0.1) is 18.6 Å². The zero-order valence-electron chi connectivity index (χ0n) is 10.8. The Balaban J connectivity index is 2.47. The number of ether oxygens (including phenoxy) is 1. The molecule has 0 aliphatic rings. The monoisotopic (exact) mass is 296 g/mol. The van der Waals surface area contributed by atoms with Crippen molar-refractivity contribution in [1.29, 1.82) is 0 Å². The first-order valence-electron chi connectivity index (χ1n) is 5.82. The fourth-order valence-electron chi connectivity index (χ4n) is 1.69. The van der Waals surface area contributed by atoms with E-state index in [2.05, 4.69) is 0 Å². The molecule has 2 aromatic rings. The summed E-state index contributed by atoms with van der Waals surface area (Å²) in [6.07, 6.45) is 0. The van der Waals surface area contributed by atoms with Gasteiger partial charge in [-0.05, 0) is 49.7 Å². The van der Waals surface area contributed by atoms with Gasteiger partial charge in [0.05, 0.1) is 10.6 Å². The number of rotatable bonds is 3. The molecule has 0 aliphatic carbocycles. The molecule has 0 heterocycles. The Morgan fingerprint density at radius 3 is 2.45 bits per heavy atom. The minimum Gasteiger partial charge on any atom is -0.455 e. The summed E-state index contributed by atoms with van der Waals surface area (Å²) in [6.45, 7) is 2.86. The highest BCUT2D eigenvalue weighted by molar-refractivity contribution is 6.32. The van der Waals surface area contributed by atoms with Crippen molar-refractivity contribution < 1.29 is 18.3 Å². The molecule has 0 atom stereocenters. The lowest BCUT2D eigenvalue weighted by Gasteiger charge is -2.12. The molecule has 0 bridgehead atoms. The summed E-state index contributed by atoms with van der Waals surface area (Å²) in [4.78, 5) is 11.5. The number of ketones is 1. The number of aryl methyl sites for hydroxylation is 1. The Labute approximate surface area is 119 Å². The lowest BCUT2D eigenvalue weighted by molar-refractivity contribution is 0.101. The van der Waals surface area contributed by atoms with Crippen molar-refractivity contribution in [1.82, 2.24) is 0 Å². The molecule has 20 heavy (non-hydrogen) atoms. The summed E-state index contributed by atoms with van der Waals surface area (Å²) in [5.74, 6) is -0.944. The second-order valence-corrected chi connectivity index (χ2v) is 4.74. The smallest absolute Gasteiger partial charge is 0.163 e. The second kappa shape index (κ2) is 5.59. The van der Waals surface area contributed by atoms with Crippen molar-refractivity contribution in [3.05, 3.63) is 58.1 Å². The summed E-state index contributed by atoms with van der Waals surface area (Å²) in [7, 11) is 0. The number of hydrogen-bond acceptors (Lipinski definition) is 2. The van der Waals surface area contributed by atoms with Gasteiger partial charge in [0, 0.05) is 0 Å². The van der Waals surface area contributed by atoms with Crippen molar-refractivity contribution >= 4 is 17.4 Å². The number of carbonyl (C=O) groups excluding carboxylic acids is 1. The average molecular weight is 297 g/mol. The average Bonchev–Trinajstić information content (AvgIpc) is 2.36. The molecule has 0 amide bonds. The van der Waals surface area contributed by atoms with Crippen molar-refractivity contribution in [2.24, 2.45) is 0 Å². The highest BCUT2D eigenvalue weighted by atomic mass is 35.5. The summed E-state index contributed by atoms with van der Waals surface area (Å²) < 4.78 is 32.0. The fraction of sp³-hybridized carbons (Fsp3) is 0.133. The van der Waals surface area contributed by atoms with Crippen LogP contribution in [0.3, 0.4) is 0 Å². The molecule has 2 rings (SSSR count). The van der Waals surface area contributed by atoms with Crippen LogP contribution in [0.2, 0.25) is 5.02 Å². The zero-order chi connectivity index (χ0) is 14.9. The molecular weight excluding hydrogens is 286 g/mol. The Bertz CT molecular complexity index is 684. The molecule has 0 saturated carbocycles. The third kappa shape index (κ3) is 2.96. The van der Waals surface area contributed by atoms with Crippen LogP contribution in [-0.4, -0.2) is 5.78 Å². The molecule has 2 aromatic carbocycles. The van der Waals surface area contributed by atoms with E-state index < -0.39 is 11.6 Å². The molecule has 0 aromatic heterocycles. The van der Waals surface area contributed by atoms with E-state index in [1.165, 1.54) is 25.1 Å². The topological polar surface area (TPSA) is 26.3 Å². The maximum absolute atomic E-state index is 13.5. The summed E-state index contributed by atoms with van der Waals surface area (Å²) in [5, 5.41) is 0.0708. The van der Waals surface area contributed by atoms with Gasteiger partial charge in [-0.1, -0.05) is 11.6 Å². The highest BCUT2D eigenvalue weighted by Gasteiger charge is 2.14. The number of halogens is 3. The van der Waals surface area contributed by atoms with E-state index in [1.807, 2.05) is 0 Å². The van der Waals surface area contributed by atoms with Crippen molar-refractivity contribution in [2.75, 3.05) is 0 Å². The van der Waals surface area contributed by atoms with E-state index in [0.717, 1.165) is 12.1 Å². The number of Topliss-reactive ketones (excluding diaryl/α,β-unsaturated/α-hetero) is 1. The highest BCUT2D eigenvalue weighted by Crippen LogP contribution is 2.33. The van der Waals surface area contributed by atoms with Gasteiger partial charge in [0.25, 0.3) is 0 Å². The fourth-order valence-corrected chi connectivity index (χ4v) is 1.90. The normalized spacial score (nSPS) is 10.4. The van der Waals surface area contributed by atoms with Gasteiger partial charge in [-0.2, -0.15) is 0 Å². The number of carbonyl (C=O) groups is 1. The van der Waals surface area contributed by atoms with Crippen LogP contribution < -0.4 is 4.74 Å². The first-order chi connectivity index (χ1) is 9.38. The molecule has 0 aliphatic heterocycles. The molecule has 104 valence electrons. The Morgan fingerprint density at radius 1 is 1.15 bits per heavy atom. The second-order valence-electron chi connectivity index (χ2n) is 4.33. The van der Waals surface area contributed by atoms with Gasteiger partial charge in [-0.15, -0.1) is 0 Å². The first kappa shape index (κ1) is 14.5. The largest absolute Gasteiger partial charge is 0.455 e. The molecule has 0 spiro atoms. The van der Waals surface area contributed by atoms with Crippen LogP contribution in [0.15, 0.2) is 30.3 Å². The van der Waals surface area contributed by atoms with Crippen LogP contribution in [0.1, 0.15) is 22.8 Å². The van der Waals surface area contributed by atoms with Gasteiger partial charge >= 0.3 is 0 Å². The third-order valence-electron chi connectivity index (χ3n) is 2.75.